The van der Waals surface area contributed by atoms with Crippen LogP contribution in [-0.4, -0.2) is 34.6 Å². The number of fused-ring (bicyclic) bond motifs is 2. The Labute approximate surface area is 138 Å². The van der Waals surface area contributed by atoms with Gasteiger partial charge in [0.1, 0.15) is 6.61 Å². The Morgan fingerprint density at radius 2 is 2.17 bits per heavy atom. The highest BCUT2D eigenvalue weighted by atomic mass is 35.5. The molecule has 1 aliphatic rings. The van der Waals surface area contributed by atoms with Crippen LogP contribution in [0.1, 0.15) is 5.56 Å². The molecule has 118 valence electrons. The van der Waals surface area contributed by atoms with E-state index in [1.54, 1.807) is 0 Å². The van der Waals surface area contributed by atoms with Gasteiger partial charge in [0.05, 0.1) is 6.54 Å². The molecule has 0 aliphatic carbocycles. The summed E-state index contributed by atoms with van der Waals surface area (Å²) in [5, 5.41) is 7.92. The molecular formula is C16H16ClN5O. The highest BCUT2D eigenvalue weighted by Gasteiger charge is 2.18. The zero-order valence-electron chi connectivity index (χ0n) is 12.4. The topological polar surface area (TPSA) is 74.9 Å². The molecule has 1 aromatic carbocycles. The lowest BCUT2D eigenvalue weighted by molar-refractivity contribution is 0.321. The van der Waals surface area contributed by atoms with Gasteiger partial charge in [-0.1, -0.05) is 18.2 Å². The van der Waals surface area contributed by atoms with Crippen LogP contribution < -0.4 is 15.4 Å². The third kappa shape index (κ3) is 2.77. The fourth-order valence-corrected chi connectivity index (χ4v) is 2.95. The number of rotatable bonds is 4. The number of para-hydroxylation sites is 1. The maximum absolute atomic E-state index is 5.98. The van der Waals surface area contributed by atoms with Crippen LogP contribution in [-0.2, 0) is 6.42 Å². The molecule has 0 amide bonds. The molecule has 0 bridgehead atoms. The van der Waals surface area contributed by atoms with Crippen LogP contribution in [0, 0.1) is 0 Å². The van der Waals surface area contributed by atoms with Crippen LogP contribution in [0.3, 0.4) is 0 Å². The van der Waals surface area contributed by atoms with Crippen LogP contribution in [0.15, 0.2) is 30.5 Å². The molecule has 0 saturated carbocycles. The molecule has 2 aromatic heterocycles. The van der Waals surface area contributed by atoms with E-state index in [4.69, 9.17) is 16.3 Å². The zero-order chi connectivity index (χ0) is 15.6. The van der Waals surface area contributed by atoms with Gasteiger partial charge < -0.3 is 20.4 Å². The molecule has 6 nitrogen and oxygen atoms in total. The van der Waals surface area contributed by atoms with Crippen molar-refractivity contribution in [2.75, 3.05) is 30.3 Å². The van der Waals surface area contributed by atoms with Gasteiger partial charge in [-0.25, -0.2) is 0 Å². The summed E-state index contributed by atoms with van der Waals surface area (Å²) in [5.41, 5.74) is 2.42. The van der Waals surface area contributed by atoms with Crippen molar-refractivity contribution >= 4 is 34.1 Å². The molecule has 23 heavy (non-hydrogen) atoms. The van der Waals surface area contributed by atoms with Gasteiger partial charge in [-0.05, 0) is 29.7 Å². The van der Waals surface area contributed by atoms with Gasteiger partial charge in [0.2, 0.25) is 11.0 Å². The summed E-state index contributed by atoms with van der Waals surface area (Å²) in [6.07, 6.45) is 2.92. The number of hydrogen-bond donors (Lipinski definition) is 3. The van der Waals surface area contributed by atoms with Gasteiger partial charge in [0.15, 0.2) is 11.6 Å². The largest absolute Gasteiger partial charge is 0.485 e. The van der Waals surface area contributed by atoms with Crippen LogP contribution in [0.5, 0.6) is 5.75 Å². The second-order valence-electron chi connectivity index (χ2n) is 5.33. The molecule has 3 heterocycles. The first-order chi connectivity index (χ1) is 11.3. The van der Waals surface area contributed by atoms with Crippen molar-refractivity contribution in [3.8, 4) is 5.75 Å². The second-order valence-corrected chi connectivity index (χ2v) is 5.67. The Hall–Kier alpha value is -2.47. The molecule has 0 fully saturated rings. The van der Waals surface area contributed by atoms with Crippen molar-refractivity contribution in [2.45, 2.75) is 6.42 Å². The minimum Gasteiger partial charge on any atom is -0.485 e. The molecule has 4 rings (SSSR count). The maximum atomic E-state index is 5.98. The number of halogens is 1. The van der Waals surface area contributed by atoms with Crippen molar-refractivity contribution in [1.82, 2.24) is 15.0 Å². The zero-order valence-corrected chi connectivity index (χ0v) is 13.2. The van der Waals surface area contributed by atoms with Crippen molar-refractivity contribution in [3.05, 3.63) is 41.3 Å². The summed E-state index contributed by atoms with van der Waals surface area (Å²) >= 11 is 5.98. The summed E-state index contributed by atoms with van der Waals surface area (Å²) in [7, 11) is 0. The van der Waals surface area contributed by atoms with Gasteiger partial charge in [-0.2, -0.15) is 9.97 Å². The molecule has 3 aromatic rings. The summed E-state index contributed by atoms with van der Waals surface area (Å²) in [6.45, 7) is 2.04. The predicted molar refractivity (Wildman–Crippen MR) is 91.5 cm³/mol. The standard InChI is InChI=1S/C16H16ClN5O/c17-16-21-14(13-15(22-16)19-7-8-23-13)18-6-5-10-9-20-12-4-2-1-3-11(10)12/h1-4,9,20H,5-8H2,(H2,18,19,21,22). The van der Waals surface area contributed by atoms with Crippen LogP contribution in [0.2, 0.25) is 5.28 Å². The quantitative estimate of drug-likeness (QED) is 0.641. The number of aromatic nitrogens is 3. The molecule has 0 saturated heterocycles. The SMILES string of the molecule is Clc1nc2c(c(NCCc3c[nH]c4ccccc34)n1)OCCN2. The van der Waals surface area contributed by atoms with Gasteiger partial charge in [0.25, 0.3) is 0 Å². The molecule has 1 aliphatic heterocycles. The number of hydrogen-bond acceptors (Lipinski definition) is 5. The van der Waals surface area contributed by atoms with Crippen molar-refractivity contribution in [3.63, 3.8) is 0 Å². The van der Waals surface area contributed by atoms with Crippen LogP contribution in [0.4, 0.5) is 11.6 Å². The van der Waals surface area contributed by atoms with Gasteiger partial charge in [0, 0.05) is 23.6 Å². The number of nitrogens with one attached hydrogen (secondary N) is 3. The average Bonchev–Trinajstić information content (AvgIpc) is 2.98. The van der Waals surface area contributed by atoms with E-state index in [1.807, 2.05) is 18.3 Å². The van der Waals surface area contributed by atoms with Crippen molar-refractivity contribution in [2.24, 2.45) is 0 Å². The lowest BCUT2D eigenvalue weighted by Gasteiger charge is -2.20. The smallest absolute Gasteiger partial charge is 0.226 e. The average molecular weight is 330 g/mol. The first-order valence-electron chi connectivity index (χ1n) is 7.54. The number of H-pyrrole nitrogens is 1. The maximum Gasteiger partial charge on any atom is 0.226 e. The summed E-state index contributed by atoms with van der Waals surface area (Å²) in [6, 6.07) is 8.28. The Balaban J connectivity index is 1.50. The van der Waals surface area contributed by atoms with Crippen molar-refractivity contribution < 1.29 is 4.74 Å². The second kappa shape index (κ2) is 5.96. The highest BCUT2D eigenvalue weighted by molar-refractivity contribution is 6.28. The molecule has 0 unspecified atom stereocenters. The van der Waals surface area contributed by atoms with E-state index in [-0.39, 0.29) is 5.28 Å². The molecule has 0 radical (unpaired) electrons. The van der Waals surface area contributed by atoms with E-state index < -0.39 is 0 Å². The monoisotopic (exact) mass is 329 g/mol. The Kier molecular flexibility index (Phi) is 3.67. The first-order valence-corrected chi connectivity index (χ1v) is 7.92. The van der Waals surface area contributed by atoms with Gasteiger partial charge >= 0.3 is 0 Å². The number of aromatic amines is 1. The number of anilines is 2. The number of nitrogens with zero attached hydrogens (tertiary/aromatic N) is 2. The minimum atomic E-state index is 0.205. The molecule has 7 heteroatoms. The summed E-state index contributed by atoms with van der Waals surface area (Å²) < 4.78 is 5.65. The normalized spacial score (nSPS) is 13.3. The van der Waals surface area contributed by atoms with E-state index >= 15 is 0 Å². The molecule has 3 N–H and O–H groups in total. The van der Waals surface area contributed by atoms with Crippen molar-refractivity contribution in [1.29, 1.82) is 0 Å². The Bertz CT molecular complexity index is 848. The summed E-state index contributed by atoms with van der Waals surface area (Å²) in [4.78, 5) is 11.7. The highest BCUT2D eigenvalue weighted by Crippen LogP contribution is 2.33. The molecular weight excluding hydrogens is 314 g/mol. The van der Waals surface area contributed by atoms with E-state index in [1.165, 1.54) is 10.9 Å². The lowest BCUT2D eigenvalue weighted by Crippen LogP contribution is -2.21. The third-order valence-electron chi connectivity index (χ3n) is 3.84. The van der Waals surface area contributed by atoms with Crippen LogP contribution in [0.25, 0.3) is 10.9 Å². The number of ether oxygens (including phenoxy) is 1. The fraction of sp³-hybridized carbons (Fsp3) is 0.250. The number of benzene rings is 1. The van der Waals surface area contributed by atoms with E-state index in [9.17, 15) is 0 Å². The van der Waals surface area contributed by atoms with E-state index in [0.717, 1.165) is 25.0 Å². The van der Waals surface area contributed by atoms with Crippen LogP contribution >= 0.6 is 11.6 Å². The van der Waals surface area contributed by atoms with E-state index in [2.05, 4.69) is 37.7 Å². The molecule has 0 atom stereocenters. The Morgan fingerprint density at radius 3 is 3.13 bits per heavy atom. The lowest BCUT2D eigenvalue weighted by atomic mass is 10.1. The summed E-state index contributed by atoms with van der Waals surface area (Å²) in [5.74, 6) is 1.91. The predicted octanol–water partition coefficient (Wildman–Crippen LogP) is 3.07. The van der Waals surface area contributed by atoms with E-state index in [0.29, 0.717) is 24.0 Å². The van der Waals surface area contributed by atoms with Gasteiger partial charge in [-0.3, -0.25) is 0 Å². The molecule has 0 spiro atoms. The first kappa shape index (κ1) is 14.1. The fourth-order valence-electron chi connectivity index (χ4n) is 2.78. The Morgan fingerprint density at radius 1 is 1.26 bits per heavy atom. The third-order valence-corrected chi connectivity index (χ3v) is 4.01. The minimum absolute atomic E-state index is 0.205. The van der Waals surface area contributed by atoms with Gasteiger partial charge in [-0.15, -0.1) is 0 Å².